The van der Waals surface area contributed by atoms with Gasteiger partial charge in [-0.25, -0.2) is 0 Å². The van der Waals surface area contributed by atoms with Crippen LogP contribution in [0, 0.1) is 0 Å². The van der Waals surface area contributed by atoms with E-state index >= 15 is 0 Å². The van der Waals surface area contributed by atoms with Crippen molar-refractivity contribution >= 4 is 0 Å². The van der Waals surface area contributed by atoms with E-state index in [4.69, 9.17) is 4.74 Å². The van der Waals surface area contributed by atoms with E-state index in [1.807, 2.05) is 0 Å². The molecule has 2 N–H and O–H groups in total. The first-order valence-electron chi connectivity index (χ1n) is 7.98. The number of nitrogens with zero attached hydrogens (tertiary/aromatic N) is 2. The van der Waals surface area contributed by atoms with E-state index in [9.17, 15) is 5.11 Å². The van der Waals surface area contributed by atoms with Crippen molar-refractivity contribution in [2.45, 2.75) is 38.8 Å². The second-order valence-corrected chi connectivity index (χ2v) is 6.05. The molecule has 20 heavy (non-hydrogen) atoms. The summed E-state index contributed by atoms with van der Waals surface area (Å²) in [6.45, 7) is 11.5. The van der Waals surface area contributed by atoms with Crippen molar-refractivity contribution in [3.63, 3.8) is 0 Å². The predicted octanol–water partition coefficient (Wildman–Crippen LogP) is 0.390. The van der Waals surface area contributed by atoms with Crippen LogP contribution in [0.25, 0.3) is 0 Å². The van der Waals surface area contributed by atoms with Crippen LogP contribution in [0.5, 0.6) is 0 Å². The summed E-state index contributed by atoms with van der Waals surface area (Å²) in [7, 11) is 2.17. The van der Waals surface area contributed by atoms with Gasteiger partial charge < -0.3 is 20.1 Å². The van der Waals surface area contributed by atoms with E-state index in [0.29, 0.717) is 12.6 Å². The Morgan fingerprint density at radius 3 is 2.60 bits per heavy atom. The summed E-state index contributed by atoms with van der Waals surface area (Å²) in [6, 6.07) is 0.623. The summed E-state index contributed by atoms with van der Waals surface area (Å²) < 4.78 is 5.30. The molecule has 5 heteroatoms. The monoisotopic (exact) mass is 287 g/mol. The van der Waals surface area contributed by atoms with Crippen LogP contribution in [-0.2, 0) is 4.74 Å². The van der Waals surface area contributed by atoms with Gasteiger partial charge in [0.2, 0.25) is 0 Å². The van der Waals surface area contributed by atoms with Crippen LogP contribution in [0.15, 0.2) is 0 Å². The first-order chi connectivity index (χ1) is 9.59. The highest BCUT2D eigenvalue weighted by Crippen LogP contribution is 1.99. The summed E-state index contributed by atoms with van der Waals surface area (Å²) in [4.78, 5) is 4.64. The highest BCUT2D eigenvalue weighted by Gasteiger charge is 2.14. The Kier molecular flexibility index (Phi) is 9.39. The molecule has 1 unspecified atom stereocenters. The highest BCUT2D eigenvalue weighted by molar-refractivity contribution is 4.69. The van der Waals surface area contributed by atoms with Gasteiger partial charge in [-0.15, -0.1) is 0 Å². The number of nitrogens with one attached hydrogen (secondary N) is 1. The number of hydrogen-bond acceptors (Lipinski definition) is 5. The van der Waals surface area contributed by atoms with Crippen LogP contribution in [0.2, 0.25) is 0 Å². The first kappa shape index (κ1) is 17.9. The van der Waals surface area contributed by atoms with E-state index in [-0.39, 0.29) is 6.10 Å². The second kappa shape index (κ2) is 10.5. The molecule has 0 amide bonds. The Morgan fingerprint density at radius 1 is 1.25 bits per heavy atom. The zero-order chi connectivity index (χ0) is 14.8. The average Bonchev–Trinajstić information content (AvgIpc) is 2.43. The van der Waals surface area contributed by atoms with Gasteiger partial charge >= 0.3 is 0 Å². The first-order valence-corrected chi connectivity index (χ1v) is 7.98. The molecule has 5 nitrogen and oxygen atoms in total. The Labute approximate surface area is 124 Å². The summed E-state index contributed by atoms with van der Waals surface area (Å²) in [5.41, 5.74) is 0. The Hall–Kier alpha value is -0.200. The van der Waals surface area contributed by atoms with Crippen molar-refractivity contribution in [3.8, 4) is 0 Å². The van der Waals surface area contributed by atoms with E-state index < -0.39 is 0 Å². The van der Waals surface area contributed by atoms with Crippen LogP contribution in [0.1, 0.15) is 26.7 Å². The van der Waals surface area contributed by atoms with Crippen molar-refractivity contribution in [3.05, 3.63) is 0 Å². The van der Waals surface area contributed by atoms with Crippen LogP contribution in [0.3, 0.4) is 0 Å². The molecule has 0 aromatic rings. The molecule has 1 aliphatic rings. The molecular formula is C15H33N3O2. The van der Waals surface area contributed by atoms with Crippen LogP contribution >= 0.6 is 0 Å². The molecule has 0 spiro atoms. The number of aliphatic hydroxyl groups excluding tert-OH is 1. The molecule has 1 fully saturated rings. The lowest BCUT2D eigenvalue weighted by atomic mass is 10.2. The fraction of sp³-hybridized carbons (Fsp3) is 1.00. The largest absolute Gasteiger partial charge is 0.390 e. The molecule has 0 radical (unpaired) electrons. The van der Waals surface area contributed by atoms with Gasteiger partial charge in [-0.05, 0) is 46.8 Å². The van der Waals surface area contributed by atoms with Crippen molar-refractivity contribution in [2.75, 3.05) is 59.5 Å². The zero-order valence-corrected chi connectivity index (χ0v) is 13.5. The number of unbranched alkanes of at least 4 members (excludes halogenated alkanes) is 1. The third kappa shape index (κ3) is 8.17. The molecule has 0 bridgehead atoms. The Morgan fingerprint density at radius 2 is 1.95 bits per heavy atom. The summed E-state index contributed by atoms with van der Waals surface area (Å²) in [6.07, 6.45) is 2.11. The fourth-order valence-corrected chi connectivity index (χ4v) is 2.28. The van der Waals surface area contributed by atoms with Crippen molar-refractivity contribution in [1.29, 1.82) is 0 Å². The number of morpholine rings is 1. The molecule has 1 rings (SSSR count). The van der Waals surface area contributed by atoms with Crippen molar-refractivity contribution < 1.29 is 9.84 Å². The maximum atomic E-state index is 9.97. The number of rotatable bonds is 10. The lowest BCUT2D eigenvalue weighted by molar-refractivity contribution is 0.0149. The molecular weight excluding hydrogens is 254 g/mol. The minimum Gasteiger partial charge on any atom is -0.390 e. The standard InChI is InChI=1S/C15H33N3O2/c1-14(2)17(3)7-5-4-6-16-12-15(19)13-18-8-10-20-11-9-18/h14-16,19H,4-13H2,1-3H3. The smallest absolute Gasteiger partial charge is 0.0791 e. The fourth-order valence-electron chi connectivity index (χ4n) is 2.28. The molecule has 120 valence electrons. The molecule has 1 saturated heterocycles. The average molecular weight is 287 g/mol. The Balaban J connectivity index is 1.92. The Bertz CT molecular complexity index is 233. The van der Waals surface area contributed by atoms with Gasteiger partial charge in [0.1, 0.15) is 0 Å². The highest BCUT2D eigenvalue weighted by atomic mass is 16.5. The SMILES string of the molecule is CC(C)N(C)CCCCNCC(O)CN1CCOCC1. The summed E-state index contributed by atoms with van der Waals surface area (Å²) >= 11 is 0. The maximum Gasteiger partial charge on any atom is 0.0791 e. The summed E-state index contributed by atoms with van der Waals surface area (Å²) in [5, 5.41) is 13.3. The number of hydrogen-bond donors (Lipinski definition) is 2. The van der Waals surface area contributed by atoms with Gasteiger partial charge in [-0.3, -0.25) is 4.90 Å². The van der Waals surface area contributed by atoms with Gasteiger partial charge in [-0.2, -0.15) is 0 Å². The normalized spacial score (nSPS) is 18.9. The van der Waals surface area contributed by atoms with Crippen molar-refractivity contribution in [1.82, 2.24) is 15.1 Å². The second-order valence-electron chi connectivity index (χ2n) is 6.05. The predicted molar refractivity (Wildman–Crippen MR) is 83.1 cm³/mol. The van der Waals surface area contributed by atoms with E-state index in [1.165, 1.54) is 12.8 Å². The van der Waals surface area contributed by atoms with Crippen LogP contribution in [-0.4, -0.2) is 86.6 Å². The van der Waals surface area contributed by atoms with E-state index in [2.05, 4.69) is 36.0 Å². The summed E-state index contributed by atoms with van der Waals surface area (Å²) in [5.74, 6) is 0. The van der Waals surface area contributed by atoms with Gasteiger partial charge in [0.15, 0.2) is 0 Å². The lowest BCUT2D eigenvalue weighted by Gasteiger charge is -2.28. The third-order valence-electron chi connectivity index (χ3n) is 3.95. The van der Waals surface area contributed by atoms with E-state index in [0.717, 1.165) is 45.9 Å². The molecule has 1 atom stereocenters. The molecule has 0 saturated carbocycles. The molecule has 0 aromatic carbocycles. The number of ether oxygens (including phenoxy) is 1. The van der Waals surface area contributed by atoms with Gasteiger partial charge in [0.25, 0.3) is 0 Å². The molecule has 1 heterocycles. The van der Waals surface area contributed by atoms with Crippen LogP contribution in [0.4, 0.5) is 0 Å². The van der Waals surface area contributed by atoms with E-state index in [1.54, 1.807) is 0 Å². The minimum atomic E-state index is -0.272. The maximum absolute atomic E-state index is 9.97. The number of β-amino-alcohol motifs (C(OH)–C–C–N with tert-alkyl or cyclic N) is 1. The molecule has 0 aromatic heterocycles. The minimum absolute atomic E-state index is 0.272. The number of aliphatic hydroxyl groups is 1. The van der Waals surface area contributed by atoms with Gasteiger partial charge in [0.05, 0.1) is 19.3 Å². The van der Waals surface area contributed by atoms with Crippen molar-refractivity contribution in [2.24, 2.45) is 0 Å². The van der Waals surface area contributed by atoms with Gasteiger partial charge in [0, 0.05) is 32.2 Å². The zero-order valence-electron chi connectivity index (χ0n) is 13.5. The molecule has 0 aliphatic carbocycles. The third-order valence-corrected chi connectivity index (χ3v) is 3.95. The molecule has 1 aliphatic heterocycles. The van der Waals surface area contributed by atoms with Crippen LogP contribution < -0.4 is 5.32 Å². The quantitative estimate of drug-likeness (QED) is 0.569. The van der Waals surface area contributed by atoms with Gasteiger partial charge in [-0.1, -0.05) is 0 Å². The topological polar surface area (TPSA) is 48.0 Å². The lowest BCUT2D eigenvalue weighted by Crippen LogP contribution is -2.43.